The molecule has 1 atom stereocenters. The van der Waals surface area contributed by atoms with Gasteiger partial charge in [-0.15, -0.1) is 11.6 Å². The first-order valence-corrected chi connectivity index (χ1v) is 10.3. The zero-order valence-corrected chi connectivity index (χ0v) is 17.5. The molecule has 2 aromatic rings. The van der Waals surface area contributed by atoms with Crippen molar-refractivity contribution in [3.8, 4) is 6.07 Å². The van der Waals surface area contributed by atoms with Crippen molar-refractivity contribution in [3.05, 3.63) is 58.9 Å². The van der Waals surface area contributed by atoms with E-state index >= 15 is 0 Å². The Kier molecular flexibility index (Phi) is 5.03. The fourth-order valence-electron chi connectivity index (χ4n) is 4.42. The first kappa shape index (κ1) is 20.4. The Balaban J connectivity index is 1.62. The van der Waals surface area contributed by atoms with Crippen molar-refractivity contribution < 1.29 is 14.0 Å². The number of benzene rings is 2. The van der Waals surface area contributed by atoms with E-state index in [9.17, 15) is 14.0 Å². The van der Waals surface area contributed by atoms with Crippen molar-refractivity contribution >= 4 is 34.8 Å². The Morgan fingerprint density at radius 3 is 2.80 bits per heavy atom. The Labute approximate surface area is 179 Å². The lowest BCUT2D eigenvalue weighted by atomic mass is 9.85. The molecular weight excluding hydrogens is 405 g/mol. The zero-order valence-electron chi connectivity index (χ0n) is 16.8. The van der Waals surface area contributed by atoms with Crippen LogP contribution in [0.5, 0.6) is 0 Å². The fraction of sp³-hybridized carbons (Fsp3) is 0.348. The normalized spacial score (nSPS) is 19.7. The van der Waals surface area contributed by atoms with Crippen molar-refractivity contribution in [2.24, 2.45) is 5.92 Å². The Hall–Kier alpha value is -2.91. The lowest BCUT2D eigenvalue weighted by Gasteiger charge is -2.23. The molecule has 154 valence electrons. The SMILES string of the molecule is CC1(C)CN(C(=O)[C@H]2CC(=O)N(c3cccc(C#N)c3)C2)c2ccc(CCl)c(F)c21. The smallest absolute Gasteiger partial charge is 0.232 e. The minimum atomic E-state index is -0.555. The molecule has 2 aromatic carbocycles. The molecule has 0 saturated carbocycles. The predicted octanol–water partition coefficient (Wildman–Crippen LogP) is 4.11. The largest absolute Gasteiger partial charge is 0.312 e. The highest BCUT2D eigenvalue weighted by atomic mass is 35.5. The number of halogens is 2. The highest BCUT2D eigenvalue weighted by molar-refractivity contribution is 6.17. The number of rotatable bonds is 3. The van der Waals surface area contributed by atoms with Gasteiger partial charge in [0.15, 0.2) is 0 Å². The van der Waals surface area contributed by atoms with Crippen LogP contribution in [-0.4, -0.2) is 24.9 Å². The molecule has 0 bridgehead atoms. The molecule has 2 aliphatic heterocycles. The van der Waals surface area contributed by atoms with E-state index in [0.717, 1.165) is 0 Å². The molecule has 2 heterocycles. The maximum atomic E-state index is 15.0. The van der Waals surface area contributed by atoms with Gasteiger partial charge >= 0.3 is 0 Å². The van der Waals surface area contributed by atoms with Gasteiger partial charge in [-0.3, -0.25) is 9.59 Å². The maximum Gasteiger partial charge on any atom is 0.232 e. The number of fused-ring (bicyclic) bond motifs is 1. The highest BCUT2D eigenvalue weighted by Crippen LogP contribution is 2.44. The topological polar surface area (TPSA) is 64.4 Å². The summed E-state index contributed by atoms with van der Waals surface area (Å²) >= 11 is 5.86. The molecule has 30 heavy (non-hydrogen) atoms. The van der Waals surface area contributed by atoms with Gasteiger partial charge in [-0.25, -0.2) is 4.39 Å². The van der Waals surface area contributed by atoms with Crippen LogP contribution in [0.15, 0.2) is 36.4 Å². The van der Waals surface area contributed by atoms with E-state index in [4.69, 9.17) is 16.9 Å². The van der Waals surface area contributed by atoms with Crippen LogP contribution < -0.4 is 9.80 Å². The van der Waals surface area contributed by atoms with Gasteiger partial charge in [0.25, 0.3) is 0 Å². The van der Waals surface area contributed by atoms with Gasteiger partial charge in [0.1, 0.15) is 5.82 Å². The number of carbonyl (C=O) groups is 2. The van der Waals surface area contributed by atoms with Gasteiger partial charge in [0.2, 0.25) is 11.8 Å². The van der Waals surface area contributed by atoms with Crippen LogP contribution in [0, 0.1) is 23.1 Å². The molecule has 2 aliphatic rings. The molecular formula is C23H21ClFN3O2. The third-order valence-electron chi connectivity index (χ3n) is 5.89. The van der Waals surface area contributed by atoms with Crippen LogP contribution in [0.4, 0.5) is 15.8 Å². The van der Waals surface area contributed by atoms with Crippen molar-refractivity contribution in [1.29, 1.82) is 5.26 Å². The molecule has 7 heteroatoms. The van der Waals surface area contributed by atoms with Crippen LogP contribution >= 0.6 is 11.6 Å². The number of nitriles is 1. The van der Waals surface area contributed by atoms with Gasteiger partial charge in [0, 0.05) is 41.7 Å². The summed E-state index contributed by atoms with van der Waals surface area (Å²) in [4.78, 5) is 29.1. The van der Waals surface area contributed by atoms with Crippen LogP contribution in [0.2, 0.25) is 0 Å². The summed E-state index contributed by atoms with van der Waals surface area (Å²) in [5, 5.41) is 9.10. The number of hydrogen-bond donors (Lipinski definition) is 0. The van der Waals surface area contributed by atoms with Crippen molar-refractivity contribution in [1.82, 2.24) is 0 Å². The molecule has 1 fully saturated rings. The minimum Gasteiger partial charge on any atom is -0.312 e. The van der Waals surface area contributed by atoms with Crippen LogP contribution in [0.3, 0.4) is 0 Å². The second kappa shape index (κ2) is 7.41. The minimum absolute atomic E-state index is 0.0665. The van der Waals surface area contributed by atoms with E-state index in [-0.39, 0.29) is 36.5 Å². The van der Waals surface area contributed by atoms with E-state index in [1.54, 1.807) is 46.2 Å². The molecule has 1 saturated heterocycles. The zero-order chi connectivity index (χ0) is 21.6. The summed E-state index contributed by atoms with van der Waals surface area (Å²) in [5.41, 5.74) is 1.97. The number of hydrogen-bond acceptors (Lipinski definition) is 3. The van der Waals surface area contributed by atoms with E-state index in [1.807, 2.05) is 13.8 Å². The Morgan fingerprint density at radius 1 is 1.33 bits per heavy atom. The second-order valence-corrected chi connectivity index (χ2v) is 8.71. The quantitative estimate of drug-likeness (QED) is 0.695. The van der Waals surface area contributed by atoms with Gasteiger partial charge in [-0.2, -0.15) is 5.26 Å². The van der Waals surface area contributed by atoms with E-state index in [1.165, 1.54) is 0 Å². The van der Waals surface area contributed by atoms with Gasteiger partial charge in [0.05, 0.1) is 29.1 Å². The number of anilines is 2. The third kappa shape index (κ3) is 3.23. The average Bonchev–Trinajstić information content (AvgIpc) is 3.25. The lowest BCUT2D eigenvalue weighted by molar-refractivity contribution is -0.124. The summed E-state index contributed by atoms with van der Waals surface area (Å²) in [7, 11) is 0. The number of nitrogens with zero attached hydrogens (tertiary/aromatic N) is 3. The van der Waals surface area contributed by atoms with Crippen LogP contribution in [0.1, 0.15) is 37.0 Å². The standard InChI is InChI=1S/C23H21ClFN3O2/c1-23(2)13-28(18-7-6-15(10-24)21(25)20(18)23)22(30)16-9-19(29)27(12-16)17-5-3-4-14(8-17)11-26/h3-8,16H,9-10,12-13H2,1-2H3/t16-/m0/s1. The van der Waals surface area contributed by atoms with Crippen LogP contribution in [-0.2, 0) is 20.9 Å². The predicted molar refractivity (Wildman–Crippen MR) is 113 cm³/mol. The Morgan fingerprint density at radius 2 is 2.10 bits per heavy atom. The van der Waals surface area contributed by atoms with Gasteiger partial charge in [-0.05, 0) is 24.3 Å². The second-order valence-electron chi connectivity index (χ2n) is 8.44. The monoisotopic (exact) mass is 425 g/mol. The summed E-state index contributed by atoms with van der Waals surface area (Å²) < 4.78 is 15.0. The van der Waals surface area contributed by atoms with Gasteiger partial charge in [-0.1, -0.05) is 26.0 Å². The van der Waals surface area contributed by atoms with Crippen molar-refractivity contribution in [3.63, 3.8) is 0 Å². The molecule has 4 rings (SSSR count). The number of amides is 2. The van der Waals surface area contributed by atoms with E-state index < -0.39 is 11.3 Å². The highest BCUT2D eigenvalue weighted by Gasteiger charge is 2.45. The van der Waals surface area contributed by atoms with Crippen molar-refractivity contribution in [2.75, 3.05) is 22.9 Å². The fourth-order valence-corrected chi connectivity index (χ4v) is 4.63. The first-order chi connectivity index (χ1) is 14.3. The molecule has 0 N–H and O–H groups in total. The van der Waals surface area contributed by atoms with Crippen molar-refractivity contribution in [2.45, 2.75) is 31.6 Å². The average molecular weight is 426 g/mol. The molecule has 0 aliphatic carbocycles. The van der Waals surface area contributed by atoms with E-state index in [2.05, 4.69) is 6.07 Å². The summed E-state index contributed by atoms with van der Waals surface area (Å²) in [6.45, 7) is 4.39. The van der Waals surface area contributed by atoms with Gasteiger partial charge < -0.3 is 9.80 Å². The summed E-state index contributed by atoms with van der Waals surface area (Å²) in [5.74, 6) is -1.17. The molecule has 0 unspecified atom stereocenters. The number of carbonyl (C=O) groups excluding carboxylic acids is 2. The lowest BCUT2D eigenvalue weighted by Crippen LogP contribution is -2.39. The number of alkyl halides is 1. The van der Waals surface area contributed by atoms with E-state index in [0.29, 0.717) is 34.6 Å². The first-order valence-electron chi connectivity index (χ1n) is 9.76. The molecule has 5 nitrogen and oxygen atoms in total. The summed E-state index contributed by atoms with van der Waals surface area (Å²) in [6, 6.07) is 12.2. The van der Waals surface area contributed by atoms with Crippen LogP contribution in [0.25, 0.3) is 0 Å². The Bertz CT molecular complexity index is 1090. The molecule has 0 radical (unpaired) electrons. The molecule has 0 aromatic heterocycles. The summed E-state index contributed by atoms with van der Waals surface area (Å²) in [6.07, 6.45) is 0.0874. The third-order valence-corrected chi connectivity index (χ3v) is 6.18. The maximum absolute atomic E-state index is 15.0. The molecule has 2 amide bonds. The molecule has 0 spiro atoms.